The van der Waals surface area contributed by atoms with Crippen LogP contribution >= 0.6 is 7.82 Å². The van der Waals surface area contributed by atoms with E-state index in [4.69, 9.17) is 18.3 Å². The summed E-state index contributed by atoms with van der Waals surface area (Å²) in [6.45, 7) is 0.546. The average Bonchev–Trinajstić information content (AvgIpc) is 2.20. The summed E-state index contributed by atoms with van der Waals surface area (Å²) < 4.78 is 30.6. The Labute approximate surface area is 56.8 Å². The lowest BCUT2D eigenvalue weighted by Gasteiger charge is -2.30. The first-order valence-corrected chi connectivity index (χ1v) is 4.52. The second-order valence-electron chi connectivity index (χ2n) is 2.46. The Morgan fingerprint density at radius 3 is 3.00 bits per heavy atom. The highest BCUT2D eigenvalue weighted by Gasteiger charge is 2.74. The molecule has 1 atom stereocenters. The lowest BCUT2D eigenvalue weighted by atomic mass is 10.3. The zero-order valence-corrected chi connectivity index (χ0v) is 5.87. The van der Waals surface area contributed by atoms with E-state index in [0.717, 1.165) is 0 Å². The van der Waals surface area contributed by atoms with Gasteiger partial charge in [0.15, 0.2) is 6.10 Å². The Morgan fingerprint density at radius 1 is 1.50 bits per heavy atom. The molecule has 6 heteroatoms. The normalized spacial score (nSPS) is 63.8. The van der Waals surface area contributed by atoms with Crippen LogP contribution < -0.4 is 0 Å². The van der Waals surface area contributed by atoms with E-state index in [1.54, 1.807) is 0 Å². The molecule has 0 N–H and O–H groups in total. The summed E-state index contributed by atoms with van der Waals surface area (Å²) >= 11 is 0. The Kier molecular flexibility index (Phi) is 0.757. The molecule has 0 aliphatic carbocycles. The van der Waals surface area contributed by atoms with Crippen molar-refractivity contribution < 1.29 is 22.9 Å². The number of hydrogen-bond donors (Lipinski definition) is 0. The molecule has 2 bridgehead atoms. The minimum absolute atomic E-state index is 0.265. The highest BCUT2D eigenvalue weighted by molar-refractivity contribution is 7.50. The van der Waals surface area contributed by atoms with E-state index in [1.165, 1.54) is 0 Å². The predicted molar refractivity (Wildman–Crippen MR) is 27.9 cm³/mol. The van der Waals surface area contributed by atoms with Crippen LogP contribution in [0.15, 0.2) is 0 Å². The molecule has 0 amide bonds. The van der Waals surface area contributed by atoms with Gasteiger partial charge in [-0.15, -0.1) is 0 Å². The first kappa shape index (κ1) is 5.69. The quantitative estimate of drug-likeness (QED) is 0.491. The van der Waals surface area contributed by atoms with Gasteiger partial charge in [0.2, 0.25) is 0 Å². The molecule has 4 fully saturated rings. The Hall–Kier alpha value is 0.0700. The van der Waals surface area contributed by atoms with Crippen LogP contribution in [0.25, 0.3) is 0 Å². The lowest BCUT2D eigenvalue weighted by molar-refractivity contribution is -0.322. The molecule has 0 aromatic rings. The van der Waals surface area contributed by atoms with Crippen LogP contribution in [0.3, 0.4) is 0 Å². The zero-order valence-electron chi connectivity index (χ0n) is 4.98. The topological polar surface area (TPSA) is 54.0 Å². The van der Waals surface area contributed by atoms with Crippen molar-refractivity contribution in [3.63, 3.8) is 0 Å². The van der Waals surface area contributed by atoms with Gasteiger partial charge in [-0.3, -0.25) is 4.52 Å². The van der Waals surface area contributed by atoms with E-state index < -0.39 is 13.8 Å². The third-order valence-corrected chi connectivity index (χ3v) is 3.28. The summed E-state index contributed by atoms with van der Waals surface area (Å²) in [4.78, 5) is 0. The summed E-state index contributed by atoms with van der Waals surface area (Å²) in [5, 5.41) is 0. The average molecular weight is 164 g/mol. The molecular weight excluding hydrogens is 159 g/mol. The lowest BCUT2D eigenvalue weighted by Crippen LogP contribution is -2.41. The minimum atomic E-state index is -3.11. The summed E-state index contributed by atoms with van der Waals surface area (Å²) in [5.41, 5.74) is 0. The summed E-state index contributed by atoms with van der Waals surface area (Å²) in [6.07, 6.45) is 0.433. The van der Waals surface area contributed by atoms with Crippen molar-refractivity contribution >= 4 is 7.82 Å². The number of rotatable bonds is 0. The molecule has 0 aromatic carbocycles. The van der Waals surface area contributed by atoms with Gasteiger partial charge in [-0.25, -0.2) is 13.6 Å². The monoisotopic (exact) mass is 164 g/mol. The van der Waals surface area contributed by atoms with E-state index in [9.17, 15) is 4.57 Å². The largest absolute Gasteiger partial charge is 0.484 e. The first-order valence-electron chi connectivity index (χ1n) is 3.06. The maximum atomic E-state index is 10.9. The van der Waals surface area contributed by atoms with Crippen molar-refractivity contribution in [2.75, 3.05) is 6.61 Å². The molecule has 4 aliphatic heterocycles. The molecule has 4 saturated heterocycles. The van der Waals surface area contributed by atoms with Gasteiger partial charge in [0.25, 0.3) is 0 Å². The molecule has 56 valence electrons. The van der Waals surface area contributed by atoms with E-state index in [1.807, 2.05) is 0 Å². The first-order chi connectivity index (χ1) is 4.73. The Morgan fingerprint density at radius 2 is 2.30 bits per heavy atom. The third-order valence-electron chi connectivity index (χ3n) is 1.81. The molecule has 0 saturated carbocycles. The van der Waals surface area contributed by atoms with Crippen molar-refractivity contribution in [2.45, 2.75) is 18.5 Å². The van der Waals surface area contributed by atoms with Crippen LogP contribution in [0.4, 0.5) is 0 Å². The van der Waals surface area contributed by atoms with Gasteiger partial charge in [0.05, 0.1) is 6.61 Å². The van der Waals surface area contributed by atoms with E-state index >= 15 is 0 Å². The van der Waals surface area contributed by atoms with Crippen molar-refractivity contribution in [1.29, 1.82) is 0 Å². The molecule has 5 nitrogen and oxygen atoms in total. The van der Waals surface area contributed by atoms with Gasteiger partial charge >= 0.3 is 13.8 Å². The van der Waals surface area contributed by atoms with Crippen LogP contribution in [0, 0.1) is 0 Å². The molecule has 4 aliphatic rings. The highest BCUT2D eigenvalue weighted by Crippen LogP contribution is 2.76. The van der Waals surface area contributed by atoms with Crippen molar-refractivity contribution in [3.05, 3.63) is 0 Å². The molecule has 4 heterocycles. The van der Waals surface area contributed by atoms with Gasteiger partial charge in [0, 0.05) is 6.42 Å². The van der Waals surface area contributed by atoms with Gasteiger partial charge in [0.1, 0.15) is 0 Å². The molecule has 0 radical (unpaired) electrons. The second kappa shape index (κ2) is 1.33. The number of ether oxygens (including phenoxy) is 1. The van der Waals surface area contributed by atoms with Gasteiger partial charge in [-0.05, 0) is 0 Å². The van der Waals surface area contributed by atoms with E-state index in [-0.39, 0.29) is 6.10 Å². The minimum Gasteiger partial charge on any atom is -0.325 e. The molecule has 4 rings (SSSR count). The number of hydrogen-bond acceptors (Lipinski definition) is 5. The van der Waals surface area contributed by atoms with Gasteiger partial charge in [-0.1, -0.05) is 0 Å². The fourth-order valence-electron chi connectivity index (χ4n) is 1.38. The van der Waals surface area contributed by atoms with Crippen LogP contribution in [0.1, 0.15) is 6.42 Å². The van der Waals surface area contributed by atoms with Crippen LogP contribution in [-0.2, 0) is 22.9 Å². The molecule has 0 aromatic heterocycles. The maximum Gasteiger partial charge on any atom is 0.484 e. The van der Waals surface area contributed by atoms with Gasteiger partial charge in [-0.2, -0.15) is 0 Å². The van der Waals surface area contributed by atoms with Crippen LogP contribution in [0.5, 0.6) is 0 Å². The summed E-state index contributed by atoms with van der Waals surface area (Å²) in [5.74, 6) is -1.07. The summed E-state index contributed by atoms with van der Waals surface area (Å²) in [7, 11) is -3.11. The highest BCUT2D eigenvalue weighted by atomic mass is 31.2. The van der Waals surface area contributed by atoms with Crippen molar-refractivity contribution in [1.82, 2.24) is 0 Å². The number of phosphoric ester groups is 1. The van der Waals surface area contributed by atoms with E-state index in [0.29, 0.717) is 13.0 Å². The van der Waals surface area contributed by atoms with Crippen molar-refractivity contribution in [3.8, 4) is 0 Å². The van der Waals surface area contributed by atoms with Crippen LogP contribution in [-0.4, -0.2) is 18.7 Å². The standard InChI is InChI=1S/C4H5O5P/c5-10-7-3-1-2-6-4(3,8-10)9-10/h3H,1-2H2. The molecular formula is C4H5O5P. The molecule has 10 heavy (non-hydrogen) atoms. The van der Waals surface area contributed by atoms with Gasteiger partial charge < -0.3 is 4.74 Å². The second-order valence-corrected chi connectivity index (χ2v) is 3.93. The van der Waals surface area contributed by atoms with Crippen molar-refractivity contribution in [2.24, 2.45) is 0 Å². The van der Waals surface area contributed by atoms with Crippen LogP contribution in [0.2, 0.25) is 0 Å². The Bertz CT molecular complexity index is 220. The fraction of sp³-hybridized carbons (Fsp3) is 1.00. The maximum absolute atomic E-state index is 10.9. The molecule has 1 spiro atoms. The zero-order chi connectivity index (χ0) is 6.82. The fourth-order valence-corrected chi connectivity index (χ4v) is 2.99. The summed E-state index contributed by atoms with van der Waals surface area (Å²) in [6, 6.07) is 0. The molecule has 1 unspecified atom stereocenters. The SMILES string of the molecule is O=P12OC3CCOC3(O1)O2. The third kappa shape index (κ3) is 0.446. The predicted octanol–water partition coefficient (Wildman–Crippen LogP) is 0.614. The van der Waals surface area contributed by atoms with E-state index in [2.05, 4.69) is 0 Å². The Balaban J connectivity index is 2.05. The smallest absolute Gasteiger partial charge is 0.325 e. The number of phosphoric acid groups is 1.